The molecule has 3 rings (SSSR count). The summed E-state index contributed by atoms with van der Waals surface area (Å²) >= 11 is 0. The predicted octanol–water partition coefficient (Wildman–Crippen LogP) is 2.81. The van der Waals surface area contributed by atoms with Crippen LogP contribution in [0.2, 0.25) is 0 Å². The molecule has 0 aliphatic carbocycles. The minimum absolute atomic E-state index is 0.0479. The maximum absolute atomic E-state index is 13.7. The fraction of sp³-hybridized carbons (Fsp3) is 0.500. The van der Waals surface area contributed by atoms with Gasteiger partial charge in [-0.15, -0.1) is 0 Å². The van der Waals surface area contributed by atoms with E-state index in [0.717, 1.165) is 23.6 Å². The Morgan fingerprint density at radius 2 is 1.93 bits per heavy atom. The first kappa shape index (κ1) is 34.2. The van der Waals surface area contributed by atoms with Crippen molar-refractivity contribution in [3.05, 3.63) is 54.2 Å². The van der Waals surface area contributed by atoms with Crippen LogP contribution in [0.3, 0.4) is 0 Å². The van der Waals surface area contributed by atoms with E-state index in [1.165, 1.54) is 24.1 Å². The lowest BCUT2D eigenvalue weighted by Gasteiger charge is -2.36. The summed E-state index contributed by atoms with van der Waals surface area (Å²) in [5, 5.41) is 20.7. The number of pyridine rings is 1. The number of aromatic hydroxyl groups is 1. The topological polar surface area (TPSA) is 153 Å². The lowest BCUT2D eigenvalue weighted by Crippen LogP contribution is -2.62. The van der Waals surface area contributed by atoms with Gasteiger partial charge in [0.05, 0.1) is 0 Å². The van der Waals surface area contributed by atoms with E-state index >= 15 is 0 Å². The van der Waals surface area contributed by atoms with Crippen LogP contribution in [0.1, 0.15) is 52.0 Å². The molecule has 11 nitrogen and oxygen atoms in total. The van der Waals surface area contributed by atoms with Gasteiger partial charge < -0.3 is 21.1 Å². The van der Waals surface area contributed by atoms with Crippen LogP contribution in [0.25, 0.3) is 0 Å². The molecule has 2 heterocycles. The van der Waals surface area contributed by atoms with E-state index in [9.17, 15) is 24.3 Å². The largest absolute Gasteiger partial charge is 0.508 e. The number of hydrogen-bond donors (Lipinski definition) is 5. The van der Waals surface area contributed by atoms with E-state index in [4.69, 9.17) is 0 Å². The van der Waals surface area contributed by atoms with Crippen molar-refractivity contribution in [3.8, 4) is 5.75 Å². The van der Waals surface area contributed by atoms with Gasteiger partial charge in [0.1, 0.15) is 28.9 Å². The first-order chi connectivity index (χ1) is 20.6. The molecule has 1 aromatic heterocycles. The fourth-order valence-corrected chi connectivity index (χ4v) is 6.60. The highest BCUT2D eigenvalue weighted by molar-refractivity contribution is 8.76. The number of carbonyl (C=O) groups excluding carboxylic acids is 4. The Kier molecular flexibility index (Phi) is 14.1. The number of aromatic nitrogens is 1. The summed E-state index contributed by atoms with van der Waals surface area (Å²) in [6.45, 7) is 5.86. The number of rotatable bonds is 15. The molecule has 1 saturated heterocycles. The standard InChI is InChI=1S/C30H42N6O5S2/c1-20(2)27(33-21(3)37)29(40)34-25(19-22-10-8-11-23(38)18-22)30(41)36-16-9-12-24(35-36)28(39)32-15-6-7-17-42-43-26-13-4-5-14-31-26/h4-5,8,10-11,13-14,18,20,24-25,27,35,38H,6-7,9,12,15-17,19H2,1-3H3,(H,32,39)(H,33,37)(H,34,40)/t24-,25-,27-/m0/s1. The highest BCUT2D eigenvalue weighted by Gasteiger charge is 2.34. The molecule has 5 N–H and O–H groups in total. The Balaban J connectivity index is 1.54. The van der Waals surface area contributed by atoms with Gasteiger partial charge in [-0.25, -0.2) is 10.4 Å². The minimum atomic E-state index is -0.986. The van der Waals surface area contributed by atoms with Crippen molar-refractivity contribution in [1.82, 2.24) is 31.4 Å². The summed E-state index contributed by atoms with van der Waals surface area (Å²) in [4.78, 5) is 55.8. The highest BCUT2D eigenvalue weighted by Crippen LogP contribution is 2.29. The molecule has 0 bridgehead atoms. The lowest BCUT2D eigenvalue weighted by molar-refractivity contribution is -0.143. The number of unbranched alkanes of at least 4 members (excludes halogenated alkanes) is 1. The minimum Gasteiger partial charge on any atom is -0.508 e. The van der Waals surface area contributed by atoms with Gasteiger partial charge in [0, 0.05) is 38.4 Å². The molecular weight excluding hydrogens is 589 g/mol. The van der Waals surface area contributed by atoms with Gasteiger partial charge in [0.2, 0.25) is 17.7 Å². The first-order valence-corrected chi connectivity index (χ1v) is 16.9. The van der Waals surface area contributed by atoms with Crippen LogP contribution in [-0.4, -0.2) is 75.7 Å². The molecule has 1 aliphatic heterocycles. The molecule has 3 atom stereocenters. The number of phenolic OH excluding ortho intramolecular Hbond substituents is 1. The third kappa shape index (κ3) is 11.7. The summed E-state index contributed by atoms with van der Waals surface area (Å²) in [5.74, 6) is -0.627. The van der Waals surface area contributed by atoms with E-state index in [1.54, 1.807) is 39.9 Å². The van der Waals surface area contributed by atoms with E-state index in [-0.39, 0.29) is 29.9 Å². The molecule has 0 spiro atoms. The molecule has 1 fully saturated rings. The fourth-order valence-electron chi connectivity index (χ4n) is 4.58. The average Bonchev–Trinajstić information content (AvgIpc) is 2.99. The third-order valence-corrected chi connectivity index (χ3v) is 9.13. The number of hydrazine groups is 1. The van der Waals surface area contributed by atoms with Crippen molar-refractivity contribution >= 4 is 45.2 Å². The van der Waals surface area contributed by atoms with Gasteiger partial charge in [0.25, 0.3) is 5.91 Å². The number of amides is 4. The predicted molar refractivity (Wildman–Crippen MR) is 169 cm³/mol. The third-order valence-electron chi connectivity index (χ3n) is 6.78. The zero-order valence-corrected chi connectivity index (χ0v) is 26.5. The van der Waals surface area contributed by atoms with Crippen LogP contribution in [0, 0.1) is 5.92 Å². The molecule has 4 amide bonds. The lowest BCUT2D eigenvalue weighted by atomic mass is 10.0. The smallest absolute Gasteiger partial charge is 0.259 e. The van der Waals surface area contributed by atoms with Crippen LogP contribution in [0.15, 0.2) is 53.7 Å². The maximum atomic E-state index is 13.7. The van der Waals surface area contributed by atoms with Crippen molar-refractivity contribution in [2.24, 2.45) is 5.92 Å². The normalized spacial score (nSPS) is 16.3. The Hall–Kier alpha value is -3.29. The Morgan fingerprint density at radius 3 is 2.63 bits per heavy atom. The molecule has 2 aromatic rings. The molecule has 43 heavy (non-hydrogen) atoms. The molecule has 234 valence electrons. The summed E-state index contributed by atoms with van der Waals surface area (Å²) in [7, 11) is 3.37. The monoisotopic (exact) mass is 630 g/mol. The molecule has 1 aliphatic rings. The van der Waals surface area contributed by atoms with Crippen LogP contribution in [0.4, 0.5) is 0 Å². The van der Waals surface area contributed by atoms with Gasteiger partial charge in [-0.05, 0) is 72.2 Å². The molecule has 0 unspecified atom stereocenters. The van der Waals surface area contributed by atoms with Gasteiger partial charge in [-0.1, -0.05) is 42.8 Å². The summed E-state index contributed by atoms with van der Waals surface area (Å²) < 4.78 is 0. The van der Waals surface area contributed by atoms with Gasteiger partial charge >= 0.3 is 0 Å². The van der Waals surface area contributed by atoms with Crippen LogP contribution < -0.4 is 21.4 Å². The van der Waals surface area contributed by atoms with Crippen LogP contribution in [-0.2, 0) is 25.6 Å². The molecule has 0 radical (unpaired) electrons. The zero-order valence-electron chi connectivity index (χ0n) is 24.9. The van der Waals surface area contributed by atoms with Crippen LogP contribution >= 0.6 is 21.6 Å². The number of hydrogen-bond acceptors (Lipinski definition) is 9. The van der Waals surface area contributed by atoms with Gasteiger partial charge in [0.15, 0.2) is 0 Å². The van der Waals surface area contributed by atoms with Crippen molar-refractivity contribution in [2.75, 3.05) is 18.8 Å². The van der Waals surface area contributed by atoms with Crippen molar-refractivity contribution in [1.29, 1.82) is 0 Å². The quantitative estimate of drug-likeness (QED) is 0.148. The number of nitrogens with zero attached hydrogens (tertiary/aromatic N) is 2. The van der Waals surface area contributed by atoms with E-state index in [1.807, 2.05) is 32.0 Å². The van der Waals surface area contributed by atoms with E-state index in [0.29, 0.717) is 31.5 Å². The zero-order chi connectivity index (χ0) is 31.2. The van der Waals surface area contributed by atoms with Gasteiger partial charge in [-0.2, -0.15) is 0 Å². The second kappa shape index (κ2) is 17.7. The second-order valence-electron chi connectivity index (χ2n) is 10.7. The van der Waals surface area contributed by atoms with E-state index in [2.05, 4.69) is 26.4 Å². The summed E-state index contributed by atoms with van der Waals surface area (Å²) in [5.41, 5.74) is 3.71. The summed E-state index contributed by atoms with van der Waals surface area (Å²) in [6, 6.07) is 9.93. The molecule has 0 saturated carbocycles. The number of benzene rings is 1. The number of nitrogens with one attached hydrogen (secondary N) is 4. The number of phenols is 1. The second-order valence-corrected chi connectivity index (χ2v) is 13.2. The van der Waals surface area contributed by atoms with Gasteiger partial charge in [-0.3, -0.25) is 24.2 Å². The molecule has 13 heteroatoms. The molecular formula is C30H42N6O5S2. The van der Waals surface area contributed by atoms with Crippen molar-refractivity contribution in [2.45, 2.75) is 76.0 Å². The Labute approximate surface area is 261 Å². The van der Waals surface area contributed by atoms with E-state index < -0.39 is 29.9 Å². The van der Waals surface area contributed by atoms with Crippen LogP contribution in [0.5, 0.6) is 5.75 Å². The Morgan fingerprint density at radius 1 is 1.12 bits per heavy atom. The average molecular weight is 631 g/mol. The molecule has 1 aromatic carbocycles. The first-order valence-electron chi connectivity index (χ1n) is 14.5. The van der Waals surface area contributed by atoms with Crippen molar-refractivity contribution in [3.63, 3.8) is 0 Å². The highest BCUT2D eigenvalue weighted by atomic mass is 33.1. The Bertz CT molecular complexity index is 1220. The maximum Gasteiger partial charge on any atom is 0.259 e. The SMILES string of the molecule is CC(=O)N[C@H](C(=O)N[C@@H](Cc1cccc(O)c1)C(=O)N1CCC[C@@H](C(=O)NCCCCSSc2ccccn2)N1)C(C)C. The van der Waals surface area contributed by atoms with Crippen molar-refractivity contribution < 1.29 is 24.3 Å². The summed E-state index contributed by atoms with van der Waals surface area (Å²) in [6.07, 6.45) is 4.86. The number of carbonyl (C=O) groups is 4.